The van der Waals surface area contributed by atoms with Crippen molar-refractivity contribution >= 4 is 16.8 Å². The molecule has 1 unspecified atom stereocenters. The Morgan fingerprint density at radius 3 is 2.48 bits per heavy atom. The van der Waals surface area contributed by atoms with Crippen LogP contribution in [0.15, 0.2) is 85.1 Å². The molecule has 1 atom stereocenters. The molecule has 0 bridgehead atoms. The lowest BCUT2D eigenvalue weighted by molar-refractivity contribution is -0.121. The molecule has 4 heteroatoms. The zero-order valence-electron chi connectivity index (χ0n) is 17.8. The lowest BCUT2D eigenvalue weighted by atomic mass is 9.91. The maximum atomic E-state index is 12.6. The van der Waals surface area contributed by atoms with Crippen LogP contribution in [0.5, 0.6) is 5.75 Å². The van der Waals surface area contributed by atoms with E-state index in [-0.39, 0.29) is 11.8 Å². The molecule has 1 amide bonds. The molecule has 4 rings (SSSR count). The Bertz CT molecular complexity index is 1120. The van der Waals surface area contributed by atoms with Crippen LogP contribution in [0.3, 0.4) is 0 Å². The van der Waals surface area contributed by atoms with Crippen LogP contribution < -0.4 is 10.1 Å². The van der Waals surface area contributed by atoms with Gasteiger partial charge in [-0.05, 0) is 48.2 Å². The van der Waals surface area contributed by atoms with Gasteiger partial charge in [-0.25, -0.2) is 0 Å². The average Bonchev–Trinajstić information content (AvgIpc) is 3.24. The van der Waals surface area contributed by atoms with Gasteiger partial charge in [0.2, 0.25) is 5.91 Å². The molecule has 0 aliphatic heterocycles. The van der Waals surface area contributed by atoms with Crippen LogP contribution in [0.2, 0.25) is 0 Å². The number of para-hydroxylation sites is 1. The van der Waals surface area contributed by atoms with Gasteiger partial charge >= 0.3 is 0 Å². The number of hydrogen-bond acceptors (Lipinski definition) is 2. The van der Waals surface area contributed by atoms with Crippen molar-refractivity contribution in [1.82, 2.24) is 10.3 Å². The summed E-state index contributed by atoms with van der Waals surface area (Å²) in [6.45, 7) is 3.19. The van der Waals surface area contributed by atoms with E-state index in [4.69, 9.17) is 4.74 Å². The largest absolute Gasteiger partial charge is 0.494 e. The van der Waals surface area contributed by atoms with E-state index in [9.17, 15) is 4.79 Å². The zero-order valence-corrected chi connectivity index (χ0v) is 17.8. The van der Waals surface area contributed by atoms with E-state index >= 15 is 0 Å². The van der Waals surface area contributed by atoms with Crippen molar-refractivity contribution in [2.45, 2.75) is 25.7 Å². The number of carbonyl (C=O) groups excluding carboxylic acids is 1. The highest BCUT2D eigenvalue weighted by molar-refractivity contribution is 5.84. The number of aryl methyl sites for hydroxylation is 1. The van der Waals surface area contributed by atoms with Gasteiger partial charge in [-0.3, -0.25) is 4.79 Å². The molecule has 0 aliphatic carbocycles. The number of carbonyl (C=O) groups is 1. The summed E-state index contributed by atoms with van der Waals surface area (Å²) in [6.07, 6.45) is 3.24. The number of amides is 1. The lowest BCUT2D eigenvalue weighted by Crippen LogP contribution is -2.29. The number of nitrogens with one attached hydrogen (secondary N) is 2. The Hall–Kier alpha value is -3.53. The van der Waals surface area contributed by atoms with Gasteiger partial charge in [-0.2, -0.15) is 0 Å². The third kappa shape index (κ3) is 5.15. The van der Waals surface area contributed by atoms with Crippen LogP contribution in [0, 0.1) is 0 Å². The maximum Gasteiger partial charge on any atom is 0.220 e. The van der Waals surface area contributed by atoms with E-state index in [2.05, 4.69) is 46.8 Å². The van der Waals surface area contributed by atoms with E-state index < -0.39 is 0 Å². The maximum absolute atomic E-state index is 12.6. The first-order chi connectivity index (χ1) is 15.2. The number of rotatable bonds is 9. The summed E-state index contributed by atoms with van der Waals surface area (Å²) < 4.78 is 5.48. The van der Waals surface area contributed by atoms with Crippen molar-refractivity contribution in [1.29, 1.82) is 0 Å². The molecule has 1 aromatic heterocycles. The summed E-state index contributed by atoms with van der Waals surface area (Å²) in [5.41, 5.74) is 4.64. The van der Waals surface area contributed by atoms with E-state index in [0.717, 1.165) is 16.8 Å². The number of aromatic amines is 1. The first-order valence-corrected chi connectivity index (χ1v) is 10.8. The highest BCUT2D eigenvalue weighted by Gasteiger charge is 2.18. The topological polar surface area (TPSA) is 54.1 Å². The van der Waals surface area contributed by atoms with Crippen LogP contribution in [-0.4, -0.2) is 24.0 Å². The van der Waals surface area contributed by atoms with Crippen molar-refractivity contribution in [3.63, 3.8) is 0 Å². The predicted molar refractivity (Wildman–Crippen MR) is 126 cm³/mol. The van der Waals surface area contributed by atoms with Crippen LogP contribution in [0.4, 0.5) is 0 Å². The Morgan fingerprint density at radius 1 is 0.968 bits per heavy atom. The van der Waals surface area contributed by atoms with E-state index in [1.165, 1.54) is 16.5 Å². The molecule has 0 saturated carbocycles. The van der Waals surface area contributed by atoms with E-state index in [0.29, 0.717) is 26.0 Å². The Balaban J connectivity index is 1.42. The first-order valence-electron chi connectivity index (χ1n) is 10.8. The molecule has 0 fully saturated rings. The summed E-state index contributed by atoms with van der Waals surface area (Å²) in [5, 5.41) is 4.35. The SMILES string of the molecule is CCOc1ccc(CCC(=O)NCC(c2ccccc2)c2c[nH]c3ccccc23)cc1. The van der Waals surface area contributed by atoms with Gasteiger partial charge in [-0.1, -0.05) is 60.7 Å². The fraction of sp³-hybridized carbons (Fsp3) is 0.222. The predicted octanol–water partition coefficient (Wildman–Crippen LogP) is 5.45. The summed E-state index contributed by atoms with van der Waals surface area (Å²) in [7, 11) is 0. The quantitative estimate of drug-likeness (QED) is 0.384. The fourth-order valence-corrected chi connectivity index (χ4v) is 3.96. The second-order valence-corrected chi connectivity index (χ2v) is 7.63. The van der Waals surface area contributed by atoms with Crippen LogP contribution >= 0.6 is 0 Å². The molecule has 1 heterocycles. The molecule has 0 spiro atoms. The fourth-order valence-electron chi connectivity index (χ4n) is 3.96. The van der Waals surface area contributed by atoms with Crippen molar-refractivity contribution in [2.24, 2.45) is 0 Å². The van der Waals surface area contributed by atoms with Gasteiger partial charge in [0.25, 0.3) is 0 Å². The molecule has 0 aliphatic rings. The number of fused-ring (bicyclic) bond motifs is 1. The molecule has 4 aromatic rings. The van der Waals surface area contributed by atoms with Crippen molar-refractivity contribution < 1.29 is 9.53 Å². The highest BCUT2D eigenvalue weighted by atomic mass is 16.5. The van der Waals surface area contributed by atoms with Crippen molar-refractivity contribution in [3.05, 3.63) is 102 Å². The van der Waals surface area contributed by atoms with E-state index in [1.54, 1.807) is 0 Å². The highest BCUT2D eigenvalue weighted by Crippen LogP contribution is 2.30. The summed E-state index contributed by atoms with van der Waals surface area (Å²) in [5.74, 6) is 1.02. The van der Waals surface area contributed by atoms with Gasteiger partial charge in [0.15, 0.2) is 0 Å². The molecule has 2 N–H and O–H groups in total. The molecule has 0 saturated heterocycles. The van der Waals surface area contributed by atoms with Gasteiger partial charge in [-0.15, -0.1) is 0 Å². The third-order valence-corrected chi connectivity index (χ3v) is 5.58. The second kappa shape index (κ2) is 9.98. The minimum atomic E-state index is 0.0645. The molecule has 3 aromatic carbocycles. The lowest BCUT2D eigenvalue weighted by Gasteiger charge is -2.18. The van der Waals surface area contributed by atoms with Crippen molar-refractivity contribution in [3.8, 4) is 5.75 Å². The van der Waals surface area contributed by atoms with Gasteiger partial charge < -0.3 is 15.0 Å². The molecule has 4 nitrogen and oxygen atoms in total. The van der Waals surface area contributed by atoms with Gasteiger partial charge in [0.05, 0.1) is 6.61 Å². The van der Waals surface area contributed by atoms with Gasteiger partial charge in [0, 0.05) is 36.0 Å². The Labute approximate surface area is 183 Å². The zero-order chi connectivity index (χ0) is 21.5. The monoisotopic (exact) mass is 412 g/mol. The summed E-state index contributed by atoms with van der Waals surface area (Å²) in [6, 6.07) is 26.6. The number of aromatic nitrogens is 1. The van der Waals surface area contributed by atoms with Crippen LogP contribution in [0.1, 0.15) is 36.0 Å². The van der Waals surface area contributed by atoms with Crippen LogP contribution in [0.25, 0.3) is 10.9 Å². The third-order valence-electron chi connectivity index (χ3n) is 5.58. The standard InChI is InChI=1S/C27H28N2O2/c1-2-31-22-15-12-20(13-16-22)14-17-27(30)29-18-24(21-8-4-3-5-9-21)25-19-28-26-11-7-6-10-23(25)26/h3-13,15-16,19,24,28H,2,14,17-18H2,1H3,(H,29,30). The number of benzene rings is 3. The normalized spacial score (nSPS) is 11.9. The average molecular weight is 413 g/mol. The second-order valence-electron chi connectivity index (χ2n) is 7.63. The molecule has 158 valence electrons. The summed E-state index contributed by atoms with van der Waals surface area (Å²) in [4.78, 5) is 16.0. The number of H-pyrrole nitrogens is 1. The van der Waals surface area contributed by atoms with Crippen molar-refractivity contribution in [2.75, 3.05) is 13.2 Å². The van der Waals surface area contributed by atoms with Crippen LogP contribution in [-0.2, 0) is 11.2 Å². The van der Waals surface area contributed by atoms with Gasteiger partial charge in [0.1, 0.15) is 5.75 Å². The number of ether oxygens (including phenoxy) is 1. The number of hydrogen-bond donors (Lipinski definition) is 2. The van der Waals surface area contributed by atoms with E-state index in [1.807, 2.05) is 55.5 Å². The smallest absolute Gasteiger partial charge is 0.220 e. The molecule has 31 heavy (non-hydrogen) atoms. The summed E-state index contributed by atoms with van der Waals surface area (Å²) >= 11 is 0. The Kier molecular flexibility index (Phi) is 6.68. The Morgan fingerprint density at radius 2 is 1.71 bits per heavy atom. The molecular formula is C27H28N2O2. The minimum absolute atomic E-state index is 0.0645. The first kappa shape index (κ1) is 20.7. The molecular weight excluding hydrogens is 384 g/mol. The molecule has 0 radical (unpaired) electrons. The minimum Gasteiger partial charge on any atom is -0.494 e.